The molecule has 0 saturated heterocycles. The Hall–Kier alpha value is -2.32. The van der Waals surface area contributed by atoms with Crippen molar-refractivity contribution in [3.05, 3.63) is 47.3 Å². The van der Waals surface area contributed by atoms with E-state index in [1.807, 2.05) is 25.4 Å². The van der Waals surface area contributed by atoms with Crippen LogP contribution < -0.4 is 10.6 Å². The molecule has 1 aliphatic heterocycles. The zero-order valence-corrected chi connectivity index (χ0v) is 13.3. The van der Waals surface area contributed by atoms with Crippen LogP contribution in [0.2, 0.25) is 0 Å². The van der Waals surface area contributed by atoms with Gasteiger partial charge in [-0.3, -0.25) is 4.99 Å². The highest BCUT2D eigenvalue weighted by Crippen LogP contribution is 2.26. The Labute approximate surface area is 132 Å². The van der Waals surface area contributed by atoms with E-state index in [1.165, 1.54) is 5.70 Å². The Bertz CT molecular complexity index is 587. The second kappa shape index (κ2) is 8.20. The molecule has 5 heteroatoms. The van der Waals surface area contributed by atoms with Crippen LogP contribution in [0.25, 0.3) is 0 Å². The number of allylic oxidation sites excluding steroid dienone is 5. The molecule has 0 aromatic heterocycles. The molecule has 0 saturated carbocycles. The predicted octanol–water partition coefficient (Wildman–Crippen LogP) is 1.71. The molecule has 0 amide bonds. The lowest BCUT2D eigenvalue weighted by atomic mass is 10.1. The lowest BCUT2D eigenvalue weighted by Gasteiger charge is -2.31. The van der Waals surface area contributed by atoms with Gasteiger partial charge < -0.3 is 15.5 Å². The van der Waals surface area contributed by atoms with E-state index in [0.717, 1.165) is 43.0 Å². The van der Waals surface area contributed by atoms with Crippen molar-refractivity contribution in [3.63, 3.8) is 0 Å². The molecule has 0 radical (unpaired) electrons. The summed E-state index contributed by atoms with van der Waals surface area (Å²) in [4.78, 5) is 7.13. The summed E-state index contributed by atoms with van der Waals surface area (Å²) >= 11 is 0. The third-order valence-electron chi connectivity index (χ3n) is 3.57. The molecule has 0 aromatic carbocycles. The summed E-state index contributed by atoms with van der Waals surface area (Å²) in [5.41, 5.74) is 4.59. The van der Waals surface area contributed by atoms with Crippen molar-refractivity contribution < 1.29 is 0 Å². The molecule has 1 heterocycles. The Morgan fingerprint density at radius 2 is 2.36 bits per heavy atom. The van der Waals surface area contributed by atoms with Crippen molar-refractivity contribution in [1.82, 2.24) is 15.5 Å². The van der Waals surface area contributed by atoms with Gasteiger partial charge in [-0.05, 0) is 25.6 Å². The summed E-state index contributed by atoms with van der Waals surface area (Å²) in [6, 6.07) is 0. The molecule has 1 aliphatic carbocycles. The van der Waals surface area contributed by atoms with Crippen LogP contribution in [0.1, 0.15) is 13.3 Å². The quantitative estimate of drug-likeness (QED) is 0.445. The molecule has 5 nitrogen and oxygen atoms in total. The summed E-state index contributed by atoms with van der Waals surface area (Å²) in [6.45, 7) is 5.48. The second-order valence-electron chi connectivity index (χ2n) is 5.35. The van der Waals surface area contributed by atoms with Crippen molar-refractivity contribution >= 4 is 5.71 Å². The Balaban J connectivity index is 2.19. The number of hydrogen-bond donors (Lipinski definition) is 2. The first-order valence-corrected chi connectivity index (χ1v) is 7.58. The molecule has 2 N–H and O–H groups in total. The first kappa shape index (κ1) is 16.1. The van der Waals surface area contributed by atoms with E-state index in [1.54, 1.807) is 0 Å². The van der Waals surface area contributed by atoms with Gasteiger partial charge in [0.2, 0.25) is 0 Å². The fourth-order valence-corrected chi connectivity index (χ4v) is 2.57. The number of nitriles is 1. The van der Waals surface area contributed by atoms with Crippen molar-refractivity contribution in [1.29, 1.82) is 5.26 Å². The molecule has 0 spiro atoms. The van der Waals surface area contributed by atoms with Crippen LogP contribution in [0, 0.1) is 11.5 Å². The monoisotopic (exact) mass is 297 g/mol. The molecule has 22 heavy (non-hydrogen) atoms. The van der Waals surface area contributed by atoms with E-state index >= 15 is 0 Å². The molecule has 0 unspecified atom stereocenters. The highest BCUT2D eigenvalue weighted by molar-refractivity contribution is 5.86. The van der Waals surface area contributed by atoms with Crippen LogP contribution in [0.3, 0.4) is 0 Å². The fourth-order valence-electron chi connectivity index (χ4n) is 2.57. The van der Waals surface area contributed by atoms with Crippen molar-refractivity contribution in [2.75, 3.05) is 33.2 Å². The first-order chi connectivity index (χ1) is 10.7. The number of likely N-dealkylation sites (N-methyl/N-ethyl adjacent to an activating group) is 1. The zero-order valence-electron chi connectivity index (χ0n) is 13.3. The largest absolute Gasteiger partial charge is 0.366 e. The van der Waals surface area contributed by atoms with Gasteiger partial charge in [-0.25, -0.2) is 0 Å². The van der Waals surface area contributed by atoms with Crippen molar-refractivity contribution in [2.45, 2.75) is 13.3 Å². The third kappa shape index (κ3) is 4.34. The van der Waals surface area contributed by atoms with E-state index in [4.69, 9.17) is 10.3 Å². The number of nitrogens with one attached hydrogen (secondary N) is 2. The van der Waals surface area contributed by atoms with E-state index in [-0.39, 0.29) is 0 Å². The van der Waals surface area contributed by atoms with Crippen LogP contribution in [-0.2, 0) is 0 Å². The van der Waals surface area contributed by atoms with Gasteiger partial charge in [0.25, 0.3) is 0 Å². The van der Waals surface area contributed by atoms with Crippen LogP contribution in [0.4, 0.5) is 0 Å². The maximum absolute atomic E-state index is 8.47. The number of nitrogens with zero attached hydrogens (tertiary/aromatic N) is 3. The predicted molar refractivity (Wildman–Crippen MR) is 90.2 cm³/mol. The summed E-state index contributed by atoms with van der Waals surface area (Å²) in [6.07, 6.45) is 13.2. The van der Waals surface area contributed by atoms with Crippen LogP contribution in [0.15, 0.2) is 52.3 Å². The van der Waals surface area contributed by atoms with Gasteiger partial charge in [0.15, 0.2) is 6.19 Å². The first-order valence-electron chi connectivity index (χ1n) is 7.58. The van der Waals surface area contributed by atoms with Crippen LogP contribution in [-0.4, -0.2) is 43.8 Å². The molecule has 0 fully saturated rings. The maximum atomic E-state index is 8.47. The normalized spacial score (nSPS) is 17.8. The Morgan fingerprint density at radius 3 is 3.14 bits per heavy atom. The highest BCUT2D eigenvalue weighted by atomic mass is 15.2. The molecule has 0 bridgehead atoms. The van der Waals surface area contributed by atoms with E-state index in [9.17, 15) is 0 Å². The molecule has 2 rings (SSSR count). The number of rotatable bonds is 6. The lowest BCUT2D eigenvalue weighted by Crippen LogP contribution is -2.36. The number of hydrogen-bond acceptors (Lipinski definition) is 5. The fraction of sp³-hybridized carbons (Fsp3) is 0.412. The average molecular weight is 297 g/mol. The van der Waals surface area contributed by atoms with Crippen molar-refractivity contribution in [3.8, 4) is 6.19 Å². The van der Waals surface area contributed by atoms with Gasteiger partial charge in [0.05, 0.1) is 12.2 Å². The molecule has 116 valence electrons. The second-order valence-corrected chi connectivity index (χ2v) is 5.35. The molecule has 0 atom stereocenters. The summed E-state index contributed by atoms with van der Waals surface area (Å²) < 4.78 is 0. The minimum atomic E-state index is 0.546. The van der Waals surface area contributed by atoms with Crippen LogP contribution in [0.5, 0.6) is 0 Å². The van der Waals surface area contributed by atoms with Gasteiger partial charge in [0, 0.05) is 37.5 Å². The van der Waals surface area contributed by atoms with Crippen molar-refractivity contribution in [2.24, 2.45) is 4.99 Å². The number of aliphatic imine (C=N–C) groups is 1. The molecular weight excluding hydrogens is 274 g/mol. The van der Waals surface area contributed by atoms with E-state index in [2.05, 4.69) is 40.7 Å². The maximum Gasteiger partial charge on any atom is 0.176 e. The Morgan fingerprint density at radius 1 is 1.50 bits per heavy atom. The smallest absolute Gasteiger partial charge is 0.176 e. The van der Waals surface area contributed by atoms with Gasteiger partial charge >= 0.3 is 0 Å². The summed E-state index contributed by atoms with van der Waals surface area (Å²) in [7, 11) is 1.98. The minimum Gasteiger partial charge on any atom is -0.366 e. The topological polar surface area (TPSA) is 63.4 Å². The zero-order chi connectivity index (χ0) is 15.8. The van der Waals surface area contributed by atoms with E-state index in [0.29, 0.717) is 6.54 Å². The summed E-state index contributed by atoms with van der Waals surface area (Å²) in [5, 5.41) is 14.3. The highest BCUT2D eigenvalue weighted by Gasteiger charge is 2.19. The van der Waals surface area contributed by atoms with Gasteiger partial charge in [-0.15, -0.1) is 0 Å². The molecule has 0 aromatic rings. The van der Waals surface area contributed by atoms with Crippen LogP contribution >= 0.6 is 0 Å². The van der Waals surface area contributed by atoms with Gasteiger partial charge in [0.1, 0.15) is 0 Å². The average Bonchev–Trinajstić information content (AvgIpc) is 2.71. The summed E-state index contributed by atoms with van der Waals surface area (Å²) in [5.74, 6) is 0. The lowest BCUT2D eigenvalue weighted by molar-refractivity contribution is 0.373. The SMILES string of the molecule is CNCCN1CC(C)=NC2=C1CC=CC(/C=C/CNC#N)=C2. The minimum absolute atomic E-state index is 0.546. The van der Waals surface area contributed by atoms with Gasteiger partial charge in [-0.2, -0.15) is 5.26 Å². The molecular formula is C17H23N5. The molecule has 2 aliphatic rings. The standard InChI is InChI=1S/C17H23N5/c1-14-12-22(10-9-19-2)17-7-3-5-15(11-16(17)21-14)6-4-8-20-13-18/h3-6,11,19-20H,7-10,12H2,1-2H3/b6-4+. The Kier molecular flexibility index (Phi) is 5.99. The van der Waals surface area contributed by atoms with Gasteiger partial charge in [-0.1, -0.05) is 24.3 Å². The third-order valence-corrected chi connectivity index (χ3v) is 3.57. The van der Waals surface area contributed by atoms with E-state index < -0.39 is 0 Å².